The Balaban J connectivity index is 1.73. The minimum atomic E-state index is 0.465. The number of hydrogen-bond acceptors (Lipinski definition) is 4. The number of piperidine rings is 1. The minimum absolute atomic E-state index is 0.465. The van der Waals surface area contributed by atoms with Crippen LogP contribution in [0.3, 0.4) is 0 Å². The Morgan fingerprint density at radius 2 is 2.16 bits per heavy atom. The molecule has 2 rings (SSSR count). The molecule has 1 unspecified atom stereocenters. The van der Waals surface area contributed by atoms with Crippen LogP contribution in [-0.2, 0) is 0 Å². The van der Waals surface area contributed by atoms with E-state index in [1.54, 1.807) is 12.3 Å². The Bertz CT molecular complexity index is 415. The predicted octanol–water partition coefficient (Wildman–Crippen LogP) is 2.49. The number of anilines is 1. The molecule has 0 radical (unpaired) electrons. The number of nitriles is 1. The second kappa shape index (κ2) is 7.10. The number of nitrogens with zero attached hydrogens (tertiary/aromatic N) is 3. The Labute approximate surface area is 115 Å². The lowest BCUT2D eigenvalue weighted by Crippen LogP contribution is -2.35. The van der Waals surface area contributed by atoms with E-state index in [0.717, 1.165) is 18.8 Å². The van der Waals surface area contributed by atoms with Gasteiger partial charge in [-0.15, -0.1) is 0 Å². The first-order chi connectivity index (χ1) is 9.28. The average molecular weight is 258 g/mol. The summed E-state index contributed by atoms with van der Waals surface area (Å²) in [5.41, 5.74) is 1.46. The molecule has 0 bridgehead atoms. The Hall–Kier alpha value is -1.60. The van der Waals surface area contributed by atoms with Crippen LogP contribution < -0.4 is 5.32 Å². The third kappa shape index (κ3) is 4.53. The molecule has 0 aliphatic carbocycles. The molecule has 4 nitrogen and oxygen atoms in total. The van der Waals surface area contributed by atoms with Crippen LogP contribution in [-0.4, -0.2) is 36.1 Å². The highest BCUT2D eigenvalue weighted by molar-refractivity contribution is 5.42. The van der Waals surface area contributed by atoms with Crippen LogP contribution in [0, 0.1) is 17.2 Å². The molecule has 1 fully saturated rings. The lowest BCUT2D eigenvalue weighted by molar-refractivity contribution is 0.204. The Morgan fingerprint density at radius 3 is 2.79 bits per heavy atom. The van der Waals surface area contributed by atoms with Crippen LogP contribution in [0.5, 0.6) is 0 Å². The highest BCUT2D eigenvalue weighted by atomic mass is 15.1. The van der Waals surface area contributed by atoms with Crippen molar-refractivity contribution in [1.82, 2.24) is 9.88 Å². The largest absolute Gasteiger partial charge is 0.383 e. The smallest absolute Gasteiger partial charge is 0.140 e. The molecule has 0 saturated carbocycles. The summed E-state index contributed by atoms with van der Waals surface area (Å²) in [6.07, 6.45) is 5.81. The Kier molecular flexibility index (Phi) is 5.17. The highest BCUT2D eigenvalue weighted by Gasteiger charge is 2.13. The van der Waals surface area contributed by atoms with E-state index in [-0.39, 0.29) is 0 Å². The summed E-state index contributed by atoms with van der Waals surface area (Å²) in [5, 5.41) is 12.1. The van der Waals surface area contributed by atoms with Crippen molar-refractivity contribution >= 4 is 5.69 Å². The summed E-state index contributed by atoms with van der Waals surface area (Å²) >= 11 is 0. The molecule has 1 saturated heterocycles. The number of nitrogens with one attached hydrogen (secondary N) is 1. The second-order valence-corrected chi connectivity index (χ2v) is 5.39. The third-order valence-corrected chi connectivity index (χ3v) is 3.55. The van der Waals surface area contributed by atoms with Gasteiger partial charge in [-0.1, -0.05) is 13.3 Å². The van der Waals surface area contributed by atoms with Crippen LogP contribution in [0.15, 0.2) is 18.3 Å². The van der Waals surface area contributed by atoms with Gasteiger partial charge in [-0.05, 0) is 44.0 Å². The fourth-order valence-electron chi connectivity index (χ4n) is 2.50. The van der Waals surface area contributed by atoms with E-state index in [4.69, 9.17) is 5.26 Å². The lowest BCUT2D eigenvalue weighted by Gasteiger charge is -2.29. The van der Waals surface area contributed by atoms with Crippen molar-refractivity contribution in [2.24, 2.45) is 5.92 Å². The maximum absolute atomic E-state index is 8.69. The fraction of sp³-hybridized carbons (Fsp3) is 0.600. The van der Waals surface area contributed by atoms with Crippen molar-refractivity contribution in [3.8, 4) is 6.07 Å². The van der Waals surface area contributed by atoms with E-state index >= 15 is 0 Å². The quantitative estimate of drug-likeness (QED) is 0.881. The molecule has 2 heterocycles. The summed E-state index contributed by atoms with van der Waals surface area (Å²) in [5.74, 6) is 0.619. The highest BCUT2D eigenvalue weighted by Crippen LogP contribution is 2.12. The molecule has 19 heavy (non-hydrogen) atoms. The molecule has 0 spiro atoms. The predicted molar refractivity (Wildman–Crippen MR) is 76.9 cm³/mol. The lowest BCUT2D eigenvalue weighted by atomic mass is 10.1. The van der Waals surface area contributed by atoms with Crippen LogP contribution >= 0.6 is 0 Å². The van der Waals surface area contributed by atoms with Crippen molar-refractivity contribution in [2.45, 2.75) is 26.2 Å². The number of likely N-dealkylation sites (tertiary alicyclic amines) is 1. The van der Waals surface area contributed by atoms with Crippen LogP contribution in [0.1, 0.15) is 31.9 Å². The SMILES string of the molecule is CC(CNc1ccc(C#N)nc1)CN1CCCCC1. The molecule has 0 aromatic carbocycles. The van der Waals surface area contributed by atoms with Gasteiger partial charge in [0.25, 0.3) is 0 Å². The zero-order chi connectivity index (χ0) is 13.5. The number of pyridine rings is 1. The number of aromatic nitrogens is 1. The zero-order valence-corrected chi connectivity index (χ0v) is 11.6. The molecule has 102 valence electrons. The molecular formula is C15H22N4. The van der Waals surface area contributed by atoms with Crippen molar-refractivity contribution in [1.29, 1.82) is 5.26 Å². The second-order valence-electron chi connectivity index (χ2n) is 5.39. The molecule has 1 aromatic rings. The zero-order valence-electron chi connectivity index (χ0n) is 11.6. The first kappa shape index (κ1) is 13.8. The van der Waals surface area contributed by atoms with E-state index < -0.39 is 0 Å². The summed E-state index contributed by atoms with van der Waals surface area (Å²) in [6.45, 7) is 6.89. The van der Waals surface area contributed by atoms with Gasteiger partial charge < -0.3 is 10.2 Å². The first-order valence-corrected chi connectivity index (χ1v) is 7.10. The van der Waals surface area contributed by atoms with E-state index in [0.29, 0.717) is 11.6 Å². The normalized spacial score (nSPS) is 17.7. The Morgan fingerprint density at radius 1 is 1.37 bits per heavy atom. The van der Waals surface area contributed by atoms with E-state index in [1.165, 1.54) is 32.4 Å². The van der Waals surface area contributed by atoms with Gasteiger partial charge in [-0.3, -0.25) is 0 Å². The van der Waals surface area contributed by atoms with E-state index in [9.17, 15) is 0 Å². The van der Waals surface area contributed by atoms with Crippen molar-refractivity contribution in [3.63, 3.8) is 0 Å². The molecule has 0 amide bonds. The maximum Gasteiger partial charge on any atom is 0.140 e. The number of rotatable bonds is 5. The van der Waals surface area contributed by atoms with Crippen molar-refractivity contribution in [2.75, 3.05) is 31.5 Å². The third-order valence-electron chi connectivity index (χ3n) is 3.55. The number of hydrogen-bond donors (Lipinski definition) is 1. The molecule has 1 aliphatic rings. The summed E-state index contributed by atoms with van der Waals surface area (Å²) in [4.78, 5) is 6.62. The molecule has 4 heteroatoms. The van der Waals surface area contributed by atoms with Gasteiger partial charge in [0, 0.05) is 13.1 Å². The first-order valence-electron chi connectivity index (χ1n) is 7.10. The van der Waals surface area contributed by atoms with Gasteiger partial charge in [0.2, 0.25) is 0 Å². The molecule has 1 N–H and O–H groups in total. The van der Waals surface area contributed by atoms with Gasteiger partial charge in [-0.25, -0.2) is 4.98 Å². The fourth-order valence-corrected chi connectivity index (χ4v) is 2.50. The summed E-state index contributed by atoms with van der Waals surface area (Å²) < 4.78 is 0. The van der Waals surface area contributed by atoms with Crippen LogP contribution in [0.25, 0.3) is 0 Å². The average Bonchev–Trinajstić information content (AvgIpc) is 2.47. The molecule has 1 aromatic heterocycles. The molecule has 1 atom stereocenters. The van der Waals surface area contributed by atoms with Crippen LogP contribution in [0.4, 0.5) is 5.69 Å². The monoisotopic (exact) mass is 258 g/mol. The summed E-state index contributed by atoms with van der Waals surface area (Å²) in [6, 6.07) is 5.69. The van der Waals surface area contributed by atoms with Gasteiger partial charge in [-0.2, -0.15) is 5.26 Å². The summed E-state index contributed by atoms with van der Waals surface area (Å²) in [7, 11) is 0. The molecule has 1 aliphatic heterocycles. The maximum atomic E-state index is 8.69. The van der Waals surface area contributed by atoms with Gasteiger partial charge >= 0.3 is 0 Å². The van der Waals surface area contributed by atoms with Gasteiger partial charge in [0.15, 0.2) is 0 Å². The minimum Gasteiger partial charge on any atom is -0.383 e. The van der Waals surface area contributed by atoms with Crippen molar-refractivity contribution in [3.05, 3.63) is 24.0 Å². The van der Waals surface area contributed by atoms with Crippen LogP contribution in [0.2, 0.25) is 0 Å². The van der Waals surface area contributed by atoms with Gasteiger partial charge in [0.05, 0.1) is 11.9 Å². The van der Waals surface area contributed by atoms with Gasteiger partial charge in [0.1, 0.15) is 11.8 Å². The van der Waals surface area contributed by atoms with E-state index in [1.807, 2.05) is 12.1 Å². The van der Waals surface area contributed by atoms with Crippen molar-refractivity contribution < 1.29 is 0 Å². The standard InChI is InChI=1S/C15H22N4/c1-13(12-19-7-3-2-4-8-19)10-17-15-6-5-14(9-16)18-11-15/h5-6,11,13,17H,2-4,7-8,10,12H2,1H3. The topological polar surface area (TPSA) is 52.0 Å². The van der Waals surface area contributed by atoms with E-state index in [2.05, 4.69) is 22.1 Å². The molecular weight excluding hydrogens is 236 g/mol.